The fourth-order valence-corrected chi connectivity index (χ4v) is 3.48. The van der Waals surface area contributed by atoms with E-state index in [9.17, 15) is 22.0 Å². The van der Waals surface area contributed by atoms with Gasteiger partial charge in [-0.2, -0.15) is 0 Å². The summed E-state index contributed by atoms with van der Waals surface area (Å²) in [5, 5.41) is 0. The quantitative estimate of drug-likeness (QED) is 0.291. The van der Waals surface area contributed by atoms with Crippen molar-refractivity contribution in [2.75, 3.05) is 0 Å². The van der Waals surface area contributed by atoms with E-state index in [-0.39, 0.29) is 22.3 Å². The number of rotatable bonds is 4. The van der Waals surface area contributed by atoms with E-state index in [0.717, 1.165) is 29.3 Å². The summed E-state index contributed by atoms with van der Waals surface area (Å²) in [7, 11) is 0. The largest absolute Gasteiger partial charge is 0.246 e. The van der Waals surface area contributed by atoms with Crippen LogP contribution in [0.4, 0.5) is 22.0 Å². The Morgan fingerprint density at radius 2 is 0.968 bits per heavy atom. The summed E-state index contributed by atoms with van der Waals surface area (Å²) in [4.78, 5) is 0. The van der Waals surface area contributed by atoms with Crippen LogP contribution in [0.25, 0.3) is 33.4 Å². The van der Waals surface area contributed by atoms with Crippen LogP contribution in [0.3, 0.4) is 0 Å². The zero-order valence-electron chi connectivity index (χ0n) is 16.5. The lowest BCUT2D eigenvalue weighted by Gasteiger charge is -2.11. The van der Waals surface area contributed by atoms with Gasteiger partial charge in [-0.25, -0.2) is 22.0 Å². The zero-order chi connectivity index (χ0) is 22.1. The van der Waals surface area contributed by atoms with Crippen LogP contribution in [0.15, 0.2) is 72.8 Å². The molecule has 0 aliphatic carbocycles. The Morgan fingerprint density at radius 1 is 0.516 bits per heavy atom. The van der Waals surface area contributed by atoms with Gasteiger partial charge in [0.25, 0.3) is 0 Å². The predicted octanol–water partition coefficient (Wildman–Crippen LogP) is 8.02. The highest BCUT2D eigenvalue weighted by molar-refractivity contribution is 5.74. The first kappa shape index (κ1) is 20.8. The SMILES string of the molecule is Cc1ccc(-c2ccc(-c3ccc(-c4cc(F)c(CF)c(F)c4)c(F)c3)c(F)c2)cc1. The van der Waals surface area contributed by atoms with Crippen LogP contribution in [0.5, 0.6) is 0 Å². The topological polar surface area (TPSA) is 0 Å². The average Bonchev–Trinajstić information content (AvgIpc) is 2.74. The van der Waals surface area contributed by atoms with Crippen LogP contribution in [-0.2, 0) is 6.67 Å². The molecule has 0 bridgehead atoms. The van der Waals surface area contributed by atoms with Crippen molar-refractivity contribution in [1.29, 1.82) is 0 Å². The van der Waals surface area contributed by atoms with Crippen molar-refractivity contribution >= 4 is 0 Å². The number of hydrogen-bond donors (Lipinski definition) is 0. The van der Waals surface area contributed by atoms with Crippen molar-refractivity contribution in [1.82, 2.24) is 0 Å². The molecule has 0 nitrogen and oxygen atoms in total. The molecule has 0 amide bonds. The van der Waals surface area contributed by atoms with Crippen molar-refractivity contribution < 1.29 is 22.0 Å². The van der Waals surface area contributed by atoms with Crippen molar-refractivity contribution in [3.8, 4) is 33.4 Å². The van der Waals surface area contributed by atoms with Gasteiger partial charge >= 0.3 is 0 Å². The van der Waals surface area contributed by atoms with Gasteiger partial charge in [0, 0.05) is 11.1 Å². The molecule has 0 heterocycles. The first-order valence-electron chi connectivity index (χ1n) is 9.58. The molecular weight excluding hydrogens is 407 g/mol. The first-order valence-corrected chi connectivity index (χ1v) is 9.58. The van der Waals surface area contributed by atoms with E-state index < -0.39 is 35.5 Å². The molecule has 0 fully saturated rings. The molecule has 0 aromatic heterocycles. The van der Waals surface area contributed by atoms with Crippen LogP contribution in [-0.4, -0.2) is 0 Å². The van der Waals surface area contributed by atoms with E-state index in [4.69, 9.17) is 0 Å². The Morgan fingerprint density at radius 3 is 1.52 bits per heavy atom. The molecular formula is C26H17F5. The fourth-order valence-electron chi connectivity index (χ4n) is 3.48. The lowest BCUT2D eigenvalue weighted by Crippen LogP contribution is -1.96. The molecule has 4 rings (SSSR count). The molecule has 4 aromatic carbocycles. The monoisotopic (exact) mass is 424 g/mol. The first-order chi connectivity index (χ1) is 14.9. The molecule has 5 heteroatoms. The number of hydrogen-bond acceptors (Lipinski definition) is 0. The van der Waals surface area contributed by atoms with E-state index in [1.54, 1.807) is 12.1 Å². The Kier molecular flexibility index (Phi) is 5.59. The Bertz CT molecular complexity index is 1240. The molecule has 0 saturated carbocycles. The lowest BCUT2D eigenvalue weighted by molar-refractivity contribution is 0.440. The number of halogens is 5. The van der Waals surface area contributed by atoms with E-state index in [2.05, 4.69) is 0 Å². The maximum Gasteiger partial charge on any atom is 0.132 e. The smallest absolute Gasteiger partial charge is 0.132 e. The molecule has 0 spiro atoms. The predicted molar refractivity (Wildman–Crippen MR) is 112 cm³/mol. The van der Waals surface area contributed by atoms with Gasteiger partial charge in [-0.15, -0.1) is 0 Å². The molecule has 0 unspecified atom stereocenters. The van der Waals surface area contributed by atoms with Gasteiger partial charge in [-0.1, -0.05) is 54.1 Å². The summed E-state index contributed by atoms with van der Waals surface area (Å²) in [6, 6.07) is 18.0. The maximum atomic E-state index is 14.8. The summed E-state index contributed by atoms with van der Waals surface area (Å²) in [6.45, 7) is 0.668. The van der Waals surface area contributed by atoms with Crippen molar-refractivity contribution in [3.63, 3.8) is 0 Å². The van der Waals surface area contributed by atoms with Crippen LogP contribution < -0.4 is 0 Å². The minimum Gasteiger partial charge on any atom is -0.246 e. The highest BCUT2D eigenvalue weighted by Crippen LogP contribution is 2.33. The van der Waals surface area contributed by atoms with E-state index in [1.807, 2.05) is 31.2 Å². The zero-order valence-corrected chi connectivity index (χ0v) is 16.5. The van der Waals surface area contributed by atoms with Gasteiger partial charge in [0.05, 0.1) is 5.56 Å². The molecule has 0 radical (unpaired) electrons. The Balaban J connectivity index is 1.69. The van der Waals surface area contributed by atoms with Gasteiger partial charge in [-0.3, -0.25) is 0 Å². The molecule has 4 aromatic rings. The fraction of sp³-hybridized carbons (Fsp3) is 0.0769. The highest BCUT2D eigenvalue weighted by atomic mass is 19.2. The molecule has 31 heavy (non-hydrogen) atoms. The van der Waals surface area contributed by atoms with Crippen molar-refractivity contribution in [2.24, 2.45) is 0 Å². The second-order valence-electron chi connectivity index (χ2n) is 7.31. The third-order valence-corrected chi connectivity index (χ3v) is 5.22. The number of aryl methyl sites for hydroxylation is 1. The Hall–Kier alpha value is -3.47. The second kappa shape index (κ2) is 8.34. The van der Waals surface area contributed by atoms with Crippen LogP contribution in [0.1, 0.15) is 11.1 Å². The molecule has 0 saturated heterocycles. The third-order valence-electron chi connectivity index (χ3n) is 5.22. The van der Waals surface area contributed by atoms with Gasteiger partial charge in [0.15, 0.2) is 0 Å². The van der Waals surface area contributed by atoms with Gasteiger partial charge < -0.3 is 0 Å². The van der Waals surface area contributed by atoms with Crippen LogP contribution >= 0.6 is 0 Å². The van der Waals surface area contributed by atoms with Gasteiger partial charge in [0.2, 0.25) is 0 Å². The standard InChI is InChI=1S/C26H17F5/c1-15-2-4-16(5-3-15)17-6-8-20(23(28)10-17)18-7-9-21(24(29)11-18)19-12-25(30)22(14-27)26(31)13-19/h2-13H,14H2,1H3. The summed E-state index contributed by atoms with van der Waals surface area (Å²) in [5.41, 5.74) is 2.31. The minimum absolute atomic E-state index is 0.0635. The molecule has 156 valence electrons. The molecule has 0 atom stereocenters. The number of alkyl halides is 1. The van der Waals surface area contributed by atoms with E-state index in [1.165, 1.54) is 18.2 Å². The van der Waals surface area contributed by atoms with Gasteiger partial charge in [-0.05, 0) is 53.4 Å². The van der Waals surface area contributed by atoms with Crippen LogP contribution in [0, 0.1) is 30.2 Å². The summed E-state index contributed by atoms with van der Waals surface area (Å²) in [6.07, 6.45) is 0. The maximum absolute atomic E-state index is 14.8. The third kappa shape index (κ3) is 4.08. The van der Waals surface area contributed by atoms with Crippen LogP contribution in [0.2, 0.25) is 0 Å². The van der Waals surface area contributed by atoms with Crippen molar-refractivity contribution in [2.45, 2.75) is 13.6 Å². The summed E-state index contributed by atoms with van der Waals surface area (Å²) in [5.74, 6) is -3.46. The molecule has 0 aliphatic rings. The summed E-state index contributed by atoms with van der Waals surface area (Å²) >= 11 is 0. The minimum atomic E-state index is -1.29. The summed E-state index contributed by atoms with van der Waals surface area (Å²) < 4.78 is 70.0. The Labute approximate surface area is 176 Å². The molecule has 0 aliphatic heterocycles. The van der Waals surface area contributed by atoms with E-state index >= 15 is 0 Å². The molecule has 0 N–H and O–H groups in total. The van der Waals surface area contributed by atoms with E-state index in [0.29, 0.717) is 5.56 Å². The van der Waals surface area contributed by atoms with Gasteiger partial charge in [0.1, 0.15) is 29.9 Å². The number of benzene rings is 4. The lowest BCUT2D eigenvalue weighted by atomic mass is 9.96. The van der Waals surface area contributed by atoms with Crippen molar-refractivity contribution in [3.05, 3.63) is 107 Å². The normalized spacial score (nSPS) is 11.0. The second-order valence-corrected chi connectivity index (χ2v) is 7.31. The highest BCUT2D eigenvalue weighted by Gasteiger charge is 2.16. The average molecular weight is 424 g/mol.